The lowest BCUT2D eigenvalue weighted by Gasteiger charge is -2.22. The number of alkyl carbamates (subject to hydrolysis) is 1. The summed E-state index contributed by atoms with van der Waals surface area (Å²) in [7, 11) is 0. The number of carbonyl (C=O) groups excluding carboxylic acids is 1. The smallest absolute Gasteiger partial charge is 0.407 e. The summed E-state index contributed by atoms with van der Waals surface area (Å²) in [5.41, 5.74) is 0.423. The van der Waals surface area contributed by atoms with Crippen molar-refractivity contribution in [3.63, 3.8) is 0 Å². The number of ether oxygens (including phenoxy) is 1. The molecule has 2 rings (SSSR count). The van der Waals surface area contributed by atoms with Gasteiger partial charge in [0, 0.05) is 25.7 Å². The number of hydrogen-bond donors (Lipinski definition) is 1. The summed E-state index contributed by atoms with van der Waals surface area (Å²) >= 11 is 3.28. The van der Waals surface area contributed by atoms with Crippen molar-refractivity contribution >= 4 is 22.0 Å². The molecule has 22 heavy (non-hydrogen) atoms. The van der Waals surface area contributed by atoms with Gasteiger partial charge in [-0.1, -0.05) is 12.1 Å². The normalized spacial score (nSPS) is 19.2. The molecule has 1 amide bonds. The SMILES string of the molecule is CC(C)(C)OC(=O)N[C@H]1CCN(Cc2cccc(F)c2Br)C1. The van der Waals surface area contributed by atoms with Gasteiger partial charge in [-0.3, -0.25) is 4.90 Å². The van der Waals surface area contributed by atoms with Crippen LogP contribution in [0, 0.1) is 5.82 Å². The molecule has 0 unspecified atom stereocenters. The van der Waals surface area contributed by atoms with E-state index in [0.717, 1.165) is 25.1 Å². The minimum absolute atomic E-state index is 0.0715. The highest BCUT2D eigenvalue weighted by molar-refractivity contribution is 9.10. The van der Waals surface area contributed by atoms with Crippen molar-refractivity contribution in [3.8, 4) is 0 Å². The minimum Gasteiger partial charge on any atom is -0.444 e. The topological polar surface area (TPSA) is 41.6 Å². The van der Waals surface area contributed by atoms with Gasteiger partial charge in [0.05, 0.1) is 4.47 Å². The summed E-state index contributed by atoms with van der Waals surface area (Å²) < 4.78 is 19.3. The van der Waals surface area contributed by atoms with E-state index in [1.54, 1.807) is 6.07 Å². The molecule has 1 fully saturated rings. The van der Waals surface area contributed by atoms with Gasteiger partial charge in [-0.15, -0.1) is 0 Å². The molecule has 1 heterocycles. The molecule has 0 radical (unpaired) electrons. The average molecular weight is 373 g/mol. The second-order valence-electron chi connectivity index (χ2n) is 6.58. The molecule has 0 aliphatic carbocycles. The van der Waals surface area contributed by atoms with Crippen molar-refractivity contribution in [2.75, 3.05) is 13.1 Å². The number of likely N-dealkylation sites (tertiary alicyclic amines) is 1. The molecule has 1 atom stereocenters. The average Bonchev–Trinajstić information content (AvgIpc) is 2.80. The van der Waals surface area contributed by atoms with E-state index in [-0.39, 0.29) is 18.0 Å². The van der Waals surface area contributed by atoms with Gasteiger partial charge >= 0.3 is 6.09 Å². The number of amides is 1. The van der Waals surface area contributed by atoms with Crippen molar-refractivity contribution in [1.82, 2.24) is 10.2 Å². The van der Waals surface area contributed by atoms with E-state index < -0.39 is 5.60 Å². The first-order valence-electron chi connectivity index (χ1n) is 7.39. The molecule has 1 N–H and O–H groups in total. The second kappa shape index (κ2) is 6.96. The monoisotopic (exact) mass is 372 g/mol. The molecule has 0 spiro atoms. The van der Waals surface area contributed by atoms with Crippen LogP contribution in [0.3, 0.4) is 0 Å². The molecule has 4 nitrogen and oxygen atoms in total. The van der Waals surface area contributed by atoms with E-state index in [1.165, 1.54) is 6.07 Å². The highest BCUT2D eigenvalue weighted by Crippen LogP contribution is 2.23. The van der Waals surface area contributed by atoms with Crippen LogP contribution >= 0.6 is 15.9 Å². The Labute approximate surface area is 139 Å². The van der Waals surface area contributed by atoms with Gasteiger partial charge in [-0.25, -0.2) is 9.18 Å². The van der Waals surface area contributed by atoms with Crippen LogP contribution in [0.25, 0.3) is 0 Å². The Morgan fingerprint density at radius 2 is 2.23 bits per heavy atom. The van der Waals surface area contributed by atoms with Gasteiger partial charge in [0.2, 0.25) is 0 Å². The van der Waals surface area contributed by atoms with Crippen LogP contribution in [0.2, 0.25) is 0 Å². The van der Waals surface area contributed by atoms with Gasteiger partial charge in [0.25, 0.3) is 0 Å². The maximum Gasteiger partial charge on any atom is 0.407 e. The molecule has 1 aliphatic rings. The standard InChI is InChI=1S/C16H22BrFN2O2/c1-16(2,3)22-15(21)19-12-7-8-20(10-12)9-11-5-4-6-13(18)14(11)17/h4-6,12H,7-10H2,1-3H3,(H,19,21)/t12-/m0/s1. The zero-order chi connectivity index (χ0) is 16.3. The summed E-state index contributed by atoms with van der Waals surface area (Å²) in [6, 6.07) is 5.12. The molecule has 1 aromatic carbocycles. The Morgan fingerprint density at radius 3 is 2.91 bits per heavy atom. The van der Waals surface area contributed by atoms with E-state index in [4.69, 9.17) is 4.74 Å². The number of rotatable bonds is 3. The van der Waals surface area contributed by atoms with Crippen molar-refractivity contribution in [2.45, 2.75) is 45.4 Å². The fourth-order valence-corrected chi connectivity index (χ4v) is 2.87. The van der Waals surface area contributed by atoms with Crippen LogP contribution in [0.5, 0.6) is 0 Å². The predicted octanol–water partition coefficient (Wildman–Crippen LogP) is 3.69. The molecule has 0 aromatic heterocycles. The number of nitrogens with zero attached hydrogens (tertiary/aromatic N) is 1. The summed E-state index contributed by atoms with van der Waals surface area (Å²) in [5.74, 6) is -0.250. The van der Waals surface area contributed by atoms with Crippen LogP contribution in [0.1, 0.15) is 32.8 Å². The Hall–Kier alpha value is -1.14. The molecule has 0 bridgehead atoms. The van der Waals surface area contributed by atoms with Crippen LogP contribution in [-0.2, 0) is 11.3 Å². The first-order valence-corrected chi connectivity index (χ1v) is 8.18. The maximum atomic E-state index is 13.5. The van der Waals surface area contributed by atoms with Gasteiger partial charge in [0.1, 0.15) is 11.4 Å². The first-order chi connectivity index (χ1) is 10.2. The first kappa shape index (κ1) is 17.2. The summed E-state index contributed by atoms with van der Waals surface area (Å²) in [4.78, 5) is 14.0. The molecule has 6 heteroatoms. The lowest BCUT2D eigenvalue weighted by molar-refractivity contribution is 0.0506. The van der Waals surface area contributed by atoms with Crippen molar-refractivity contribution in [1.29, 1.82) is 0 Å². The molecule has 122 valence electrons. The van der Waals surface area contributed by atoms with Gasteiger partial charge < -0.3 is 10.1 Å². The Morgan fingerprint density at radius 1 is 1.50 bits per heavy atom. The van der Waals surface area contributed by atoms with Crippen LogP contribution in [0.15, 0.2) is 22.7 Å². The maximum absolute atomic E-state index is 13.5. The number of benzene rings is 1. The Kier molecular flexibility index (Phi) is 5.45. The molecule has 1 aromatic rings. The van der Waals surface area contributed by atoms with Crippen LogP contribution in [-0.4, -0.2) is 35.7 Å². The van der Waals surface area contributed by atoms with Crippen LogP contribution < -0.4 is 5.32 Å². The van der Waals surface area contributed by atoms with Gasteiger partial charge in [-0.2, -0.15) is 0 Å². The summed E-state index contributed by atoms with van der Waals surface area (Å²) in [6.07, 6.45) is 0.484. The van der Waals surface area contributed by atoms with Crippen LogP contribution in [0.4, 0.5) is 9.18 Å². The summed E-state index contributed by atoms with van der Waals surface area (Å²) in [6.45, 7) is 7.79. The molecular weight excluding hydrogens is 351 g/mol. The lowest BCUT2D eigenvalue weighted by Crippen LogP contribution is -2.40. The fraction of sp³-hybridized carbons (Fsp3) is 0.562. The van der Waals surface area contributed by atoms with E-state index in [2.05, 4.69) is 26.1 Å². The van der Waals surface area contributed by atoms with Gasteiger partial charge in [-0.05, 0) is 54.8 Å². The van der Waals surface area contributed by atoms with E-state index in [9.17, 15) is 9.18 Å². The number of nitrogens with one attached hydrogen (secondary N) is 1. The zero-order valence-electron chi connectivity index (χ0n) is 13.2. The van der Waals surface area contributed by atoms with E-state index in [0.29, 0.717) is 11.0 Å². The Balaban J connectivity index is 1.85. The predicted molar refractivity (Wildman–Crippen MR) is 87.2 cm³/mol. The number of hydrogen-bond acceptors (Lipinski definition) is 3. The minimum atomic E-state index is -0.491. The zero-order valence-corrected chi connectivity index (χ0v) is 14.7. The van der Waals surface area contributed by atoms with E-state index >= 15 is 0 Å². The van der Waals surface area contributed by atoms with E-state index in [1.807, 2.05) is 26.8 Å². The lowest BCUT2D eigenvalue weighted by atomic mass is 10.2. The van der Waals surface area contributed by atoms with Crippen molar-refractivity contribution < 1.29 is 13.9 Å². The third-order valence-corrected chi connectivity index (χ3v) is 4.31. The van der Waals surface area contributed by atoms with Crippen molar-refractivity contribution in [3.05, 3.63) is 34.1 Å². The number of carbonyl (C=O) groups is 1. The van der Waals surface area contributed by atoms with Gasteiger partial charge in [0.15, 0.2) is 0 Å². The molecule has 1 aliphatic heterocycles. The quantitative estimate of drug-likeness (QED) is 0.879. The highest BCUT2D eigenvalue weighted by Gasteiger charge is 2.26. The molecular formula is C16H22BrFN2O2. The molecule has 1 saturated heterocycles. The highest BCUT2D eigenvalue weighted by atomic mass is 79.9. The fourth-order valence-electron chi connectivity index (χ4n) is 2.48. The third kappa shape index (κ3) is 4.95. The second-order valence-corrected chi connectivity index (χ2v) is 7.37. The summed E-state index contributed by atoms with van der Waals surface area (Å²) in [5, 5.41) is 2.89. The number of halogens is 2. The third-order valence-electron chi connectivity index (χ3n) is 3.42. The van der Waals surface area contributed by atoms with Crippen molar-refractivity contribution in [2.24, 2.45) is 0 Å². The molecule has 0 saturated carbocycles. The largest absolute Gasteiger partial charge is 0.444 e. The Bertz CT molecular complexity index is 545.